The third kappa shape index (κ3) is 20.4. The molecule has 17 N–H and O–H groups in total. The molecule has 8 atom stereocenters. The SMILES string of the molecule is CC(C)[C@@H]1NC(=O)[C@H](CCCN=C(N)N)NC(=O)[C@H](Cc2ccccc2)NC(=O)[C@H](CC(=O)O)NC(=O)[C@H](CCCCN)NC(=O)[C@H](CCC(=O)O)NC(=O)[C@H](C)NC(=O)[C@H](CC(=O)O)NC1=O. The molecule has 1 aliphatic rings. The van der Waals surface area contributed by atoms with Gasteiger partial charge in [0.05, 0.1) is 12.8 Å². The van der Waals surface area contributed by atoms with Crippen molar-refractivity contribution in [2.75, 3.05) is 13.1 Å². The van der Waals surface area contributed by atoms with Gasteiger partial charge in [-0.1, -0.05) is 44.2 Å². The van der Waals surface area contributed by atoms with Gasteiger partial charge in [0.1, 0.15) is 48.3 Å². The number of carbonyl (C=O) groups excluding carboxylic acids is 8. The van der Waals surface area contributed by atoms with Gasteiger partial charge in [-0.15, -0.1) is 0 Å². The van der Waals surface area contributed by atoms with Crippen LogP contribution >= 0.6 is 0 Å². The van der Waals surface area contributed by atoms with Gasteiger partial charge in [0.2, 0.25) is 47.3 Å². The van der Waals surface area contributed by atoms with Crippen LogP contribution < -0.4 is 59.7 Å². The molecule has 2 rings (SSSR count). The second kappa shape index (κ2) is 28.6. The first kappa shape index (κ1) is 56.7. The van der Waals surface area contributed by atoms with E-state index < -0.39 is 145 Å². The highest BCUT2D eigenvalue weighted by Crippen LogP contribution is 2.11. The fourth-order valence-corrected chi connectivity index (χ4v) is 6.71. The molecule has 0 saturated carbocycles. The number of aliphatic carboxylic acids is 3. The van der Waals surface area contributed by atoms with Gasteiger partial charge in [0, 0.05) is 19.4 Å². The summed E-state index contributed by atoms with van der Waals surface area (Å²) in [4.78, 5) is 150. The molecule has 68 heavy (non-hydrogen) atoms. The number of carboxylic acid groups (broad SMARTS) is 3. The Balaban J connectivity index is 2.81. The van der Waals surface area contributed by atoms with E-state index in [-0.39, 0.29) is 51.2 Å². The van der Waals surface area contributed by atoms with Crippen molar-refractivity contribution in [1.29, 1.82) is 0 Å². The van der Waals surface area contributed by atoms with Gasteiger partial charge in [-0.3, -0.25) is 57.7 Å². The highest BCUT2D eigenvalue weighted by atomic mass is 16.4. The molecule has 376 valence electrons. The number of rotatable bonds is 18. The summed E-state index contributed by atoms with van der Waals surface area (Å²) in [6.07, 6.45) is -3.20. The van der Waals surface area contributed by atoms with Crippen molar-refractivity contribution in [3.05, 3.63) is 35.9 Å². The number of amides is 8. The molecule has 0 spiro atoms. The fraction of sp³-hybridized carbons (Fsp3) is 0.571. The van der Waals surface area contributed by atoms with Crippen LogP contribution in [0.15, 0.2) is 35.3 Å². The maximum atomic E-state index is 14.3. The predicted octanol–water partition coefficient (Wildman–Crippen LogP) is -4.21. The third-order valence-electron chi connectivity index (χ3n) is 10.4. The van der Waals surface area contributed by atoms with Gasteiger partial charge in [-0.25, -0.2) is 0 Å². The summed E-state index contributed by atoms with van der Waals surface area (Å²) in [6, 6.07) is -4.83. The zero-order valence-corrected chi connectivity index (χ0v) is 38.1. The summed E-state index contributed by atoms with van der Waals surface area (Å²) < 4.78 is 0. The molecule has 26 nitrogen and oxygen atoms in total. The standard InChI is InChI=1S/C42H64N12O14/c1-21(2)33-41(68)53-28(19-31(57)58)38(65)47-22(3)34(61)48-26(14-15-30(55)56)36(63)49-24(12-7-8-16-43)35(62)52-29(20-32(59)60)40(67)51-27(18-23-10-5-4-6-11-23)39(66)50-25(37(64)54-33)13-9-17-46-42(44)45/h4-6,10-11,21-22,24-29,33H,7-9,12-20,43H2,1-3H3,(H,47,65)(H,48,61)(H,49,63)(H,50,66)(H,51,67)(H,52,62)(H,53,68)(H,54,64)(H,55,56)(H,57,58)(H,59,60)(H4,44,45,46)/t22-,24-,25-,26-,27-,28-,29-,33-/m0/s1. The topological polar surface area (TPSA) is 435 Å². The van der Waals surface area contributed by atoms with Crippen LogP contribution in [0.3, 0.4) is 0 Å². The van der Waals surface area contributed by atoms with Crippen molar-refractivity contribution in [3.8, 4) is 0 Å². The van der Waals surface area contributed by atoms with E-state index in [0.717, 1.165) is 6.92 Å². The number of nitrogens with one attached hydrogen (secondary N) is 8. The van der Waals surface area contributed by atoms with Crippen molar-refractivity contribution >= 4 is 71.1 Å². The summed E-state index contributed by atoms with van der Waals surface area (Å²) in [5, 5.41) is 48.0. The lowest BCUT2D eigenvalue weighted by atomic mass is 10.0. The van der Waals surface area contributed by atoms with E-state index in [4.69, 9.17) is 17.2 Å². The maximum Gasteiger partial charge on any atom is 0.305 e. The molecule has 8 amide bonds. The molecule has 1 saturated heterocycles. The van der Waals surface area contributed by atoms with Crippen molar-refractivity contribution in [1.82, 2.24) is 42.5 Å². The lowest BCUT2D eigenvalue weighted by Gasteiger charge is -2.29. The van der Waals surface area contributed by atoms with Crippen molar-refractivity contribution in [2.45, 2.75) is 133 Å². The van der Waals surface area contributed by atoms with E-state index in [0.29, 0.717) is 12.0 Å². The minimum absolute atomic E-state index is 0.0179. The number of hydrogen-bond donors (Lipinski definition) is 14. The molecular weight excluding hydrogens is 897 g/mol. The molecule has 0 bridgehead atoms. The number of carboxylic acids is 3. The molecule has 0 aromatic heterocycles. The molecule has 0 unspecified atom stereocenters. The summed E-state index contributed by atoms with van der Waals surface area (Å²) in [6.45, 7) is 4.31. The van der Waals surface area contributed by atoms with Crippen LogP contribution in [0.5, 0.6) is 0 Å². The quantitative estimate of drug-likeness (QED) is 0.0377. The first-order chi connectivity index (χ1) is 32.0. The van der Waals surface area contributed by atoms with Gasteiger partial charge in [-0.05, 0) is 63.5 Å². The smallest absolute Gasteiger partial charge is 0.305 e. The summed E-state index contributed by atoms with van der Waals surface area (Å²) in [7, 11) is 0. The van der Waals surface area contributed by atoms with E-state index in [9.17, 15) is 68.1 Å². The van der Waals surface area contributed by atoms with E-state index >= 15 is 0 Å². The van der Waals surface area contributed by atoms with Crippen LogP contribution in [-0.2, 0) is 59.2 Å². The molecule has 1 heterocycles. The Labute approximate surface area is 391 Å². The number of nitrogens with zero attached hydrogens (tertiary/aromatic N) is 1. The average Bonchev–Trinajstić information content (AvgIpc) is 3.25. The van der Waals surface area contributed by atoms with E-state index in [1.807, 2.05) is 0 Å². The summed E-state index contributed by atoms with van der Waals surface area (Å²) in [5.41, 5.74) is 17.1. The average molecular weight is 961 g/mol. The van der Waals surface area contributed by atoms with Gasteiger partial charge in [-0.2, -0.15) is 0 Å². The Kier molecular flexibility index (Phi) is 23.9. The van der Waals surface area contributed by atoms with Gasteiger partial charge in [0.25, 0.3) is 0 Å². The zero-order valence-electron chi connectivity index (χ0n) is 38.1. The first-order valence-corrected chi connectivity index (χ1v) is 21.9. The second-order valence-electron chi connectivity index (χ2n) is 16.4. The van der Waals surface area contributed by atoms with Crippen molar-refractivity contribution < 1.29 is 68.1 Å². The number of benzene rings is 1. The number of nitrogens with two attached hydrogens (primary N) is 3. The lowest BCUT2D eigenvalue weighted by molar-refractivity contribution is -0.142. The fourth-order valence-electron chi connectivity index (χ4n) is 6.71. The maximum absolute atomic E-state index is 14.3. The molecule has 0 radical (unpaired) electrons. The Hall–Kier alpha value is -7.38. The van der Waals surface area contributed by atoms with Crippen LogP contribution in [0.2, 0.25) is 0 Å². The summed E-state index contributed by atoms with van der Waals surface area (Å²) >= 11 is 0. The third-order valence-corrected chi connectivity index (χ3v) is 10.4. The molecular formula is C42H64N12O14. The number of aliphatic imine (C=N–C) groups is 1. The van der Waals surface area contributed by atoms with Crippen LogP contribution in [0.25, 0.3) is 0 Å². The van der Waals surface area contributed by atoms with Gasteiger partial charge >= 0.3 is 17.9 Å². The Morgan fingerprint density at radius 3 is 1.51 bits per heavy atom. The van der Waals surface area contributed by atoms with Gasteiger partial charge in [0.15, 0.2) is 5.96 Å². The van der Waals surface area contributed by atoms with Crippen molar-refractivity contribution in [2.24, 2.45) is 28.1 Å². The molecule has 1 aromatic rings. The lowest BCUT2D eigenvalue weighted by Crippen LogP contribution is -2.62. The largest absolute Gasteiger partial charge is 0.481 e. The minimum Gasteiger partial charge on any atom is -0.481 e. The summed E-state index contributed by atoms with van der Waals surface area (Å²) in [5.74, 6) is -14.0. The van der Waals surface area contributed by atoms with Crippen LogP contribution in [0, 0.1) is 5.92 Å². The van der Waals surface area contributed by atoms with Crippen LogP contribution in [0.1, 0.15) is 84.1 Å². The van der Waals surface area contributed by atoms with E-state index in [2.05, 4.69) is 47.5 Å². The van der Waals surface area contributed by atoms with Crippen LogP contribution in [-0.4, -0.2) is 148 Å². The molecule has 26 heteroatoms. The number of carbonyl (C=O) groups is 11. The normalized spacial score (nSPS) is 24.0. The Morgan fingerprint density at radius 1 is 0.559 bits per heavy atom. The molecule has 0 aliphatic carbocycles. The van der Waals surface area contributed by atoms with Crippen molar-refractivity contribution in [3.63, 3.8) is 0 Å². The van der Waals surface area contributed by atoms with Crippen LogP contribution in [0.4, 0.5) is 0 Å². The monoisotopic (exact) mass is 960 g/mol. The molecule has 1 aromatic carbocycles. The number of hydrogen-bond acceptors (Lipinski definition) is 13. The highest BCUT2D eigenvalue weighted by Gasteiger charge is 2.37. The second-order valence-corrected chi connectivity index (χ2v) is 16.4. The Bertz CT molecular complexity index is 2000. The number of unbranched alkanes of at least 4 members (excludes halogenated alkanes) is 1. The zero-order chi connectivity index (χ0) is 51.1. The Morgan fingerprint density at radius 2 is 1.00 bits per heavy atom. The molecule has 1 fully saturated rings. The minimum atomic E-state index is -1.88. The van der Waals surface area contributed by atoms with E-state index in [1.165, 1.54) is 13.8 Å². The predicted molar refractivity (Wildman–Crippen MR) is 240 cm³/mol. The van der Waals surface area contributed by atoms with E-state index in [1.54, 1.807) is 30.3 Å². The highest BCUT2D eigenvalue weighted by molar-refractivity contribution is 6.00. The first-order valence-electron chi connectivity index (χ1n) is 21.9. The van der Waals surface area contributed by atoms with Gasteiger partial charge < -0.3 is 75.1 Å². The molecule has 1 aliphatic heterocycles. The number of guanidine groups is 1.